The van der Waals surface area contributed by atoms with Gasteiger partial charge in [-0.05, 0) is 58.8 Å². The summed E-state index contributed by atoms with van der Waals surface area (Å²) in [5.74, 6) is 0.0486. The zero-order chi connectivity index (χ0) is 25.9. The van der Waals surface area contributed by atoms with Crippen molar-refractivity contribution in [3.05, 3.63) is 34.9 Å². The molecule has 2 aliphatic rings. The highest BCUT2D eigenvalue weighted by Crippen LogP contribution is 2.32. The first-order chi connectivity index (χ1) is 16.5. The fraction of sp³-hybridized carbons (Fsp3) is 0.708. The second-order valence-electron chi connectivity index (χ2n) is 9.79. The van der Waals surface area contributed by atoms with Gasteiger partial charge in [0, 0.05) is 6.20 Å². The van der Waals surface area contributed by atoms with E-state index < -0.39 is 42.6 Å². The van der Waals surface area contributed by atoms with Crippen LogP contribution >= 0.6 is 0 Å². The molecule has 8 atom stereocenters. The lowest BCUT2D eigenvalue weighted by Gasteiger charge is -2.46. The van der Waals surface area contributed by atoms with Gasteiger partial charge in [-0.1, -0.05) is 19.9 Å². The van der Waals surface area contributed by atoms with E-state index in [4.69, 9.17) is 14.2 Å². The molecule has 2 saturated heterocycles. The average molecular weight is 495 g/mol. The van der Waals surface area contributed by atoms with Crippen molar-refractivity contribution in [3.63, 3.8) is 0 Å². The third kappa shape index (κ3) is 6.75. The predicted molar refractivity (Wildman–Crippen MR) is 129 cm³/mol. The number of amides is 1. The highest BCUT2D eigenvalue weighted by Gasteiger charge is 2.46. The first-order valence-corrected chi connectivity index (χ1v) is 12.0. The number of rotatable bonds is 7. The highest BCUT2D eigenvalue weighted by molar-refractivity contribution is 5.98. The third-order valence-electron chi connectivity index (χ3n) is 6.33. The summed E-state index contributed by atoms with van der Waals surface area (Å²) >= 11 is 0. The van der Waals surface area contributed by atoms with E-state index in [1.807, 2.05) is 46.7 Å². The molecule has 0 aliphatic carbocycles. The Morgan fingerprint density at radius 1 is 1.23 bits per heavy atom. The van der Waals surface area contributed by atoms with Gasteiger partial charge in [0.2, 0.25) is 5.91 Å². The summed E-state index contributed by atoms with van der Waals surface area (Å²) in [5.41, 5.74) is -0.537. The van der Waals surface area contributed by atoms with Gasteiger partial charge in [0.25, 0.3) is 0 Å². The fourth-order valence-electron chi connectivity index (χ4n) is 4.50. The van der Waals surface area contributed by atoms with Crippen LogP contribution in [0.4, 0.5) is 5.82 Å². The number of carbonyl (C=O) groups excluding carboxylic acids is 1. The van der Waals surface area contributed by atoms with Crippen molar-refractivity contribution in [3.8, 4) is 0 Å². The number of nitrogens with zero attached hydrogens (tertiary/aromatic N) is 3. The summed E-state index contributed by atoms with van der Waals surface area (Å²) in [6.07, 6.45) is 0.843. The van der Waals surface area contributed by atoms with Gasteiger partial charge in [0.1, 0.15) is 24.3 Å². The summed E-state index contributed by atoms with van der Waals surface area (Å²) in [4.78, 5) is 30.3. The Morgan fingerprint density at radius 2 is 1.94 bits per heavy atom. The number of allylic oxidation sites excluding steroid dienone is 1. The van der Waals surface area contributed by atoms with Crippen LogP contribution in [0.3, 0.4) is 0 Å². The van der Waals surface area contributed by atoms with E-state index in [2.05, 4.69) is 10.3 Å². The van der Waals surface area contributed by atoms with Gasteiger partial charge < -0.3 is 34.6 Å². The quantitative estimate of drug-likeness (QED) is 0.472. The Balaban J connectivity index is 1.59. The Kier molecular flexibility index (Phi) is 9.19. The van der Waals surface area contributed by atoms with E-state index in [-0.39, 0.29) is 29.8 Å². The fourth-order valence-corrected chi connectivity index (χ4v) is 4.50. The SMILES string of the molecule is CC(C)/C=C/C(=O)Nc1ccn([C@H]2CC[C@H](O[C@H]3O[C@H](C)[C@@H](N(C)C)[C@H](O)[C@H]3O)[C@@H](C)O2)c(=O)n1. The molecule has 0 aromatic carbocycles. The molecular weight excluding hydrogens is 456 g/mol. The Bertz CT molecular complexity index is 950. The normalized spacial score (nSPS) is 34.0. The molecule has 3 rings (SSSR count). The number of ether oxygens (including phenoxy) is 3. The molecule has 2 aliphatic heterocycles. The van der Waals surface area contributed by atoms with Gasteiger partial charge in [-0.2, -0.15) is 4.98 Å². The molecule has 0 spiro atoms. The second kappa shape index (κ2) is 11.7. The number of hydrogen-bond donors (Lipinski definition) is 3. The number of carbonyl (C=O) groups is 1. The van der Waals surface area contributed by atoms with Crippen LogP contribution in [0.5, 0.6) is 0 Å². The number of aromatic nitrogens is 2. The number of nitrogens with one attached hydrogen (secondary N) is 1. The van der Waals surface area contributed by atoms with Crippen molar-refractivity contribution < 1.29 is 29.2 Å². The zero-order valence-corrected chi connectivity index (χ0v) is 21.2. The standard InChI is InChI=1S/C24H38N4O7/c1-13(2)7-9-18(29)25-17-11-12-28(24(32)26-17)19-10-8-16(14(3)33-19)35-23-22(31)21(30)20(27(5)6)15(4)34-23/h7,9,11-16,19-23,30-31H,8,10H2,1-6H3,(H,25,26,29,32)/b9-7+/t14-,15-,16+,19-,20-,21+,22-,23-/m1/s1. The molecule has 0 saturated carbocycles. The lowest BCUT2D eigenvalue weighted by Crippen LogP contribution is -2.62. The molecule has 0 radical (unpaired) electrons. The number of likely N-dealkylation sites (N-methyl/N-ethyl adjacent to an activating group) is 1. The maximum absolute atomic E-state index is 12.6. The van der Waals surface area contributed by atoms with Crippen LogP contribution in [0, 0.1) is 5.92 Å². The molecule has 11 nitrogen and oxygen atoms in total. The molecule has 3 heterocycles. The minimum Gasteiger partial charge on any atom is -0.388 e. The molecule has 3 N–H and O–H groups in total. The van der Waals surface area contributed by atoms with Gasteiger partial charge in [-0.25, -0.2) is 4.79 Å². The third-order valence-corrected chi connectivity index (χ3v) is 6.33. The lowest BCUT2D eigenvalue weighted by molar-refractivity contribution is -0.310. The Hall–Kier alpha value is -2.15. The number of anilines is 1. The maximum atomic E-state index is 12.6. The van der Waals surface area contributed by atoms with E-state index in [0.717, 1.165) is 0 Å². The molecule has 35 heavy (non-hydrogen) atoms. The van der Waals surface area contributed by atoms with Crippen LogP contribution in [0.25, 0.3) is 0 Å². The van der Waals surface area contributed by atoms with Gasteiger partial charge in [0.05, 0.1) is 24.4 Å². The molecule has 196 valence electrons. The van der Waals surface area contributed by atoms with E-state index >= 15 is 0 Å². The smallest absolute Gasteiger partial charge is 0.351 e. The van der Waals surface area contributed by atoms with Gasteiger partial charge >= 0.3 is 5.69 Å². The first-order valence-electron chi connectivity index (χ1n) is 12.0. The lowest BCUT2D eigenvalue weighted by atomic mass is 9.96. The van der Waals surface area contributed by atoms with Crippen LogP contribution in [0.2, 0.25) is 0 Å². The second-order valence-corrected chi connectivity index (χ2v) is 9.79. The highest BCUT2D eigenvalue weighted by atomic mass is 16.7. The molecule has 11 heteroatoms. The van der Waals surface area contributed by atoms with Crippen molar-refractivity contribution in [1.29, 1.82) is 0 Å². The molecule has 1 aromatic rings. The Labute approximate surface area is 205 Å². The minimum absolute atomic E-state index is 0.168. The van der Waals surface area contributed by atoms with E-state index in [0.29, 0.717) is 12.8 Å². The Morgan fingerprint density at radius 3 is 2.54 bits per heavy atom. The van der Waals surface area contributed by atoms with Crippen LogP contribution in [-0.2, 0) is 19.0 Å². The summed E-state index contributed by atoms with van der Waals surface area (Å²) in [6.45, 7) is 7.57. The maximum Gasteiger partial charge on any atom is 0.351 e. The topological polar surface area (TPSA) is 135 Å². The van der Waals surface area contributed by atoms with Gasteiger partial charge in [-0.15, -0.1) is 0 Å². The zero-order valence-electron chi connectivity index (χ0n) is 21.2. The van der Waals surface area contributed by atoms with Crippen molar-refractivity contribution >= 4 is 11.7 Å². The summed E-state index contributed by atoms with van der Waals surface area (Å²) in [5, 5.41) is 23.7. The molecule has 0 unspecified atom stereocenters. The summed E-state index contributed by atoms with van der Waals surface area (Å²) < 4.78 is 19.3. The van der Waals surface area contributed by atoms with Gasteiger partial charge in [0.15, 0.2) is 6.29 Å². The summed E-state index contributed by atoms with van der Waals surface area (Å²) in [6, 6.07) is 1.20. The molecule has 2 fully saturated rings. The number of aliphatic hydroxyl groups is 2. The van der Waals surface area contributed by atoms with Crippen LogP contribution in [0.15, 0.2) is 29.2 Å². The average Bonchev–Trinajstić information content (AvgIpc) is 2.77. The minimum atomic E-state index is -1.20. The first kappa shape index (κ1) is 27.4. The van der Waals surface area contributed by atoms with Gasteiger partial charge in [-0.3, -0.25) is 9.36 Å². The van der Waals surface area contributed by atoms with Crippen molar-refractivity contribution in [2.24, 2.45) is 5.92 Å². The monoisotopic (exact) mass is 494 g/mol. The summed E-state index contributed by atoms with van der Waals surface area (Å²) in [7, 11) is 3.64. The molecule has 0 bridgehead atoms. The molecule has 1 aromatic heterocycles. The largest absolute Gasteiger partial charge is 0.388 e. The van der Waals surface area contributed by atoms with E-state index in [9.17, 15) is 19.8 Å². The van der Waals surface area contributed by atoms with Crippen molar-refractivity contribution in [2.75, 3.05) is 19.4 Å². The number of hydrogen-bond acceptors (Lipinski definition) is 9. The molecule has 1 amide bonds. The number of aliphatic hydroxyl groups excluding tert-OH is 2. The van der Waals surface area contributed by atoms with Crippen molar-refractivity contribution in [2.45, 2.75) is 89.6 Å². The van der Waals surface area contributed by atoms with Crippen molar-refractivity contribution in [1.82, 2.24) is 14.5 Å². The van der Waals surface area contributed by atoms with E-state index in [1.165, 1.54) is 10.6 Å². The van der Waals surface area contributed by atoms with Crippen LogP contribution in [0.1, 0.15) is 46.8 Å². The van der Waals surface area contributed by atoms with E-state index in [1.54, 1.807) is 18.3 Å². The van der Waals surface area contributed by atoms with Crippen LogP contribution in [-0.4, -0.2) is 87.5 Å². The van der Waals surface area contributed by atoms with Crippen LogP contribution < -0.4 is 11.0 Å². The molecular formula is C24H38N4O7. The predicted octanol–water partition coefficient (Wildman–Crippen LogP) is 0.874.